The highest BCUT2D eigenvalue weighted by atomic mass is 19.1. The third kappa shape index (κ3) is 3.05. The number of hydrogen-bond acceptors (Lipinski definition) is 2. The second-order valence-corrected chi connectivity index (χ2v) is 3.11. The maximum atomic E-state index is 12.8. The number of carbonyl (C=O) groups is 2. The highest BCUT2D eigenvalue weighted by Gasteiger charge is 2.10. The number of hydrogen-bond donors (Lipinski definition) is 2. The van der Waals surface area contributed by atoms with Crippen LogP contribution in [0.15, 0.2) is 18.2 Å². The molecule has 1 aromatic rings. The monoisotopic (exact) mass is 210 g/mol. The fraction of sp³-hybridized carbons (Fsp3) is 0.200. The van der Waals surface area contributed by atoms with Crippen molar-refractivity contribution >= 4 is 11.8 Å². The lowest BCUT2D eigenvalue weighted by molar-refractivity contribution is -0.117. The molecular weight excluding hydrogens is 199 g/mol. The van der Waals surface area contributed by atoms with Crippen molar-refractivity contribution in [3.05, 3.63) is 35.1 Å². The predicted molar refractivity (Wildman–Crippen MR) is 52.7 cm³/mol. The van der Waals surface area contributed by atoms with Crippen LogP contribution < -0.4 is 11.1 Å². The molecule has 4 nitrogen and oxygen atoms in total. The lowest BCUT2D eigenvalue weighted by atomic mass is 10.1. The van der Waals surface area contributed by atoms with Gasteiger partial charge in [0, 0.05) is 5.56 Å². The first kappa shape index (κ1) is 11.2. The van der Waals surface area contributed by atoms with Crippen LogP contribution >= 0.6 is 0 Å². The highest BCUT2D eigenvalue weighted by molar-refractivity contribution is 5.97. The lowest BCUT2D eigenvalue weighted by Gasteiger charge is -2.05. The molecule has 0 bridgehead atoms. The van der Waals surface area contributed by atoms with Crippen molar-refractivity contribution in [1.82, 2.24) is 5.32 Å². The molecule has 1 rings (SSSR count). The summed E-state index contributed by atoms with van der Waals surface area (Å²) in [5.41, 5.74) is 5.70. The number of benzene rings is 1. The lowest BCUT2D eigenvalue weighted by Crippen LogP contribution is -2.33. The van der Waals surface area contributed by atoms with Gasteiger partial charge in [-0.05, 0) is 24.6 Å². The molecule has 0 spiro atoms. The van der Waals surface area contributed by atoms with Gasteiger partial charge in [-0.3, -0.25) is 9.59 Å². The molecule has 5 heteroatoms. The Morgan fingerprint density at radius 3 is 2.73 bits per heavy atom. The first-order chi connectivity index (χ1) is 7.00. The Morgan fingerprint density at radius 1 is 1.47 bits per heavy atom. The van der Waals surface area contributed by atoms with Crippen molar-refractivity contribution in [2.75, 3.05) is 6.54 Å². The Morgan fingerprint density at radius 2 is 2.13 bits per heavy atom. The van der Waals surface area contributed by atoms with Crippen molar-refractivity contribution in [2.24, 2.45) is 5.73 Å². The van der Waals surface area contributed by atoms with Crippen LogP contribution in [0.5, 0.6) is 0 Å². The van der Waals surface area contributed by atoms with Gasteiger partial charge < -0.3 is 11.1 Å². The molecule has 0 unspecified atom stereocenters. The van der Waals surface area contributed by atoms with E-state index in [0.717, 1.165) is 6.07 Å². The summed E-state index contributed by atoms with van der Waals surface area (Å²) in [6.07, 6.45) is 0. The van der Waals surface area contributed by atoms with E-state index in [1.807, 2.05) is 0 Å². The molecule has 15 heavy (non-hydrogen) atoms. The fourth-order valence-corrected chi connectivity index (χ4v) is 1.10. The van der Waals surface area contributed by atoms with E-state index in [9.17, 15) is 14.0 Å². The molecular formula is C10H11FN2O2. The second-order valence-electron chi connectivity index (χ2n) is 3.11. The number of primary amides is 1. The van der Waals surface area contributed by atoms with Gasteiger partial charge in [-0.1, -0.05) is 6.07 Å². The summed E-state index contributed by atoms with van der Waals surface area (Å²) in [5.74, 6) is -1.65. The number of rotatable bonds is 3. The molecule has 80 valence electrons. The summed E-state index contributed by atoms with van der Waals surface area (Å²) in [7, 11) is 0. The van der Waals surface area contributed by atoms with Crippen LogP contribution in [-0.4, -0.2) is 18.4 Å². The van der Waals surface area contributed by atoms with Gasteiger partial charge in [0.15, 0.2) is 0 Å². The topological polar surface area (TPSA) is 72.2 Å². The van der Waals surface area contributed by atoms with Gasteiger partial charge in [-0.25, -0.2) is 4.39 Å². The van der Waals surface area contributed by atoms with E-state index in [1.54, 1.807) is 6.92 Å². The minimum Gasteiger partial charge on any atom is -0.368 e. The first-order valence-electron chi connectivity index (χ1n) is 4.33. The standard InChI is InChI=1S/C10H11FN2O2/c1-6-2-3-7(11)4-8(6)10(15)13-5-9(12)14/h2-4H,5H2,1H3,(H2,12,14)(H,13,15). The van der Waals surface area contributed by atoms with Crippen LogP contribution in [0.2, 0.25) is 0 Å². The zero-order valence-corrected chi connectivity index (χ0v) is 8.21. The molecule has 0 radical (unpaired) electrons. The quantitative estimate of drug-likeness (QED) is 0.755. The van der Waals surface area contributed by atoms with E-state index in [1.165, 1.54) is 12.1 Å². The zero-order chi connectivity index (χ0) is 11.4. The first-order valence-corrected chi connectivity index (χ1v) is 4.33. The molecule has 0 aliphatic rings. The Labute approximate surface area is 86.3 Å². The molecule has 1 aromatic carbocycles. The van der Waals surface area contributed by atoms with Crippen LogP contribution in [0.4, 0.5) is 4.39 Å². The molecule has 0 aliphatic heterocycles. The largest absolute Gasteiger partial charge is 0.368 e. The third-order valence-corrected chi connectivity index (χ3v) is 1.87. The molecule has 0 atom stereocenters. The Hall–Kier alpha value is -1.91. The van der Waals surface area contributed by atoms with Gasteiger partial charge in [0.2, 0.25) is 5.91 Å². The number of amides is 2. The number of carbonyl (C=O) groups excluding carboxylic acids is 2. The van der Waals surface area contributed by atoms with Gasteiger partial charge in [0.25, 0.3) is 5.91 Å². The Bertz CT molecular complexity index is 404. The smallest absolute Gasteiger partial charge is 0.252 e. The van der Waals surface area contributed by atoms with Gasteiger partial charge in [-0.2, -0.15) is 0 Å². The highest BCUT2D eigenvalue weighted by Crippen LogP contribution is 2.09. The van der Waals surface area contributed by atoms with Gasteiger partial charge in [-0.15, -0.1) is 0 Å². The van der Waals surface area contributed by atoms with Crippen molar-refractivity contribution in [2.45, 2.75) is 6.92 Å². The molecule has 2 amide bonds. The summed E-state index contributed by atoms with van der Waals surface area (Å²) in [6.45, 7) is 1.42. The van der Waals surface area contributed by atoms with Crippen molar-refractivity contribution in [1.29, 1.82) is 0 Å². The fourth-order valence-electron chi connectivity index (χ4n) is 1.10. The molecule has 0 heterocycles. The molecule has 0 saturated heterocycles. The van der Waals surface area contributed by atoms with Gasteiger partial charge >= 0.3 is 0 Å². The zero-order valence-electron chi connectivity index (χ0n) is 8.21. The minimum atomic E-state index is -0.641. The van der Waals surface area contributed by atoms with E-state index in [4.69, 9.17) is 5.73 Å². The minimum absolute atomic E-state index is 0.205. The third-order valence-electron chi connectivity index (χ3n) is 1.87. The predicted octanol–water partition coefficient (Wildman–Crippen LogP) is 0.349. The van der Waals surface area contributed by atoms with Crippen molar-refractivity contribution in [3.8, 4) is 0 Å². The molecule has 3 N–H and O–H groups in total. The van der Waals surface area contributed by atoms with Gasteiger partial charge in [0.05, 0.1) is 6.54 Å². The van der Waals surface area contributed by atoms with Crippen LogP contribution in [-0.2, 0) is 4.79 Å². The van der Waals surface area contributed by atoms with Crippen molar-refractivity contribution in [3.63, 3.8) is 0 Å². The normalized spacial score (nSPS) is 9.73. The van der Waals surface area contributed by atoms with Crippen LogP contribution in [0.3, 0.4) is 0 Å². The van der Waals surface area contributed by atoms with Crippen LogP contribution in [0, 0.1) is 12.7 Å². The molecule has 0 aliphatic carbocycles. The summed E-state index contributed by atoms with van der Waals surface area (Å²) >= 11 is 0. The number of nitrogens with two attached hydrogens (primary N) is 1. The van der Waals surface area contributed by atoms with Crippen LogP contribution in [0.25, 0.3) is 0 Å². The summed E-state index contributed by atoms with van der Waals surface area (Å²) in [5, 5.41) is 2.29. The maximum absolute atomic E-state index is 12.8. The van der Waals surface area contributed by atoms with E-state index < -0.39 is 17.6 Å². The molecule has 0 saturated carbocycles. The van der Waals surface area contributed by atoms with Gasteiger partial charge in [0.1, 0.15) is 5.82 Å². The average molecular weight is 210 g/mol. The van der Waals surface area contributed by atoms with E-state index in [-0.39, 0.29) is 12.1 Å². The number of halogens is 1. The summed E-state index contributed by atoms with van der Waals surface area (Å²) < 4.78 is 12.8. The molecule has 0 aromatic heterocycles. The second kappa shape index (κ2) is 4.54. The Balaban J connectivity index is 2.81. The Kier molecular flexibility index (Phi) is 3.38. The average Bonchev–Trinajstić information content (AvgIpc) is 2.18. The van der Waals surface area contributed by atoms with E-state index in [2.05, 4.69) is 5.32 Å². The maximum Gasteiger partial charge on any atom is 0.252 e. The van der Waals surface area contributed by atoms with E-state index >= 15 is 0 Å². The summed E-state index contributed by atoms with van der Waals surface area (Å²) in [4.78, 5) is 21.9. The number of aryl methyl sites for hydroxylation is 1. The van der Waals surface area contributed by atoms with E-state index in [0.29, 0.717) is 5.56 Å². The van der Waals surface area contributed by atoms with Crippen molar-refractivity contribution < 1.29 is 14.0 Å². The number of nitrogens with one attached hydrogen (secondary N) is 1. The molecule has 0 fully saturated rings. The van der Waals surface area contributed by atoms with Crippen LogP contribution in [0.1, 0.15) is 15.9 Å². The summed E-state index contributed by atoms with van der Waals surface area (Å²) in [6, 6.07) is 3.88. The SMILES string of the molecule is Cc1ccc(F)cc1C(=O)NCC(N)=O.